The fraction of sp³-hybridized carbons (Fsp3) is 0.583. The summed E-state index contributed by atoms with van der Waals surface area (Å²) in [6.45, 7) is 3.49. The molecule has 86 valence electrons. The van der Waals surface area contributed by atoms with Gasteiger partial charge in [0.25, 0.3) is 0 Å². The second kappa shape index (κ2) is 4.03. The van der Waals surface area contributed by atoms with E-state index >= 15 is 0 Å². The topological polar surface area (TPSA) is 43.4 Å². The van der Waals surface area contributed by atoms with Crippen LogP contribution in [0.5, 0.6) is 5.88 Å². The molecule has 0 aromatic carbocycles. The van der Waals surface area contributed by atoms with Crippen molar-refractivity contribution in [2.75, 3.05) is 26.3 Å². The Balaban J connectivity index is 1.59. The molecule has 3 heterocycles. The zero-order valence-electron chi connectivity index (χ0n) is 9.19. The number of ether oxygens (including phenoxy) is 2. The fourth-order valence-corrected chi connectivity index (χ4v) is 2.40. The highest BCUT2D eigenvalue weighted by molar-refractivity contribution is 5.10. The minimum atomic E-state index is 0.0504. The van der Waals surface area contributed by atoms with Crippen LogP contribution in [0.3, 0.4) is 0 Å². The first-order valence-electron chi connectivity index (χ1n) is 5.78. The van der Waals surface area contributed by atoms with Gasteiger partial charge in [-0.05, 0) is 12.5 Å². The van der Waals surface area contributed by atoms with E-state index in [1.54, 1.807) is 6.20 Å². The average molecular weight is 220 g/mol. The molecule has 0 unspecified atom stereocenters. The summed E-state index contributed by atoms with van der Waals surface area (Å²) in [7, 11) is 0. The Kier molecular flexibility index (Phi) is 2.53. The van der Waals surface area contributed by atoms with E-state index in [1.165, 1.54) is 0 Å². The van der Waals surface area contributed by atoms with Crippen LogP contribution in [-0.2, 0) is 4.74 Å². The van der Waals surface area contributed by atoms with Crippen molar-refractivity contribution in [1.82, 2.24) is 10.3 Å². The van der Waals surface area contributed by atoms with Crippen molar-refractivity contribution in [3.63, 3.8) is 0 Å². The molecule has 1 atom stereocenters. The maximum absolute atomic E-state index is 5.81. The van der Waals surface area contributed by atoms with Crippen molar-refractivity contribution in [2.45, 2.75) is 12.0 Å². The first-order valence-corrected chi connectivity index (χ1v) is 5.78. The van der Waals surface area contributed by atoms with Gasteiger partial charge in [-0.1, -0.05) is 6.07 Å². The molecule has 1 N–H and O–H groups in total. The van der Waals surface area contributed by atoms with Crippen LogP contribution in [0.25, 0.3) is 0 Å². The Morgan fingerprint density at radius 3 is 3.12 bits per heavy atom. The highest BCUT2D eigenvalue weighted by Crippen LogP contribution is 2.35. The smallest absolute Gasteiger partial charge is 0.213 e. The van der Waals surface area contributed by atoms with Crippen molar-refractivity contribution in [2.24, 2.45) is 5.92 Å². The monoisotopic (exact) mass is 220 g/mol. The predicted molar refractivity (Wildman–Crippen MR) is 59.4 cm³/mol. The van der Waals surface area contributed by atoms with Crippen molar-refractivity contribution < 1.29 is 9.47 Å². The lowest BCUT2D eigenvalue weighted by atomic mass is 9.83. The molecule has 4 heteroatoms. The van der Waals surface area contributed by atoms with Gasteiger partial charge in [-0.2, -0.15) is 0 Å². The van der Waals surface area contributed by atoms with Crippen molar-refractivity contribution in [3.05, 3.63) is 24.4 Å². The maximum atomic E-state index is 5.81. The van der Waals surface area contributed by atoms with Crippen LogP contribution in [-0.4, -0.2) is 36.9 Å². The van der Waals surface area contributed by atoms with Crippen LogP contribution in [0.2, 0.25) is 0 Å². The zero-order valence-corrected chi connectivity index (χ0v) is 9.19. The highest BCUT2D eigenvalue weighted by atomic mass is 16.5. The average Bonchev–Trinajstić information content (AvgIpc) is 2.71. The van der Waals surface area contributed by atoms with E-state index in [0.717, 1.165) is 26.1 Å². The van der Waals surface area contributed by atoms with E-state index in [-0.39, 0.29) is 5.60 Å². The molecule has 16 heavy (non-hydrogen) atoms. The number of hydrogen-bond acceptors (Lipinski definition) is 4. The summed E-state index contributed by atoms with van der Waals surface area (Å²) in [4.78, 5) is 4.15. The van der Waals surface area contributed by atoms with E-state index in [1.807, 2.05) is 18.2 Å². The first-order chi connectivity index (χ1) is 7.89. The molecular formula is C12H16N2O2. The van der Waals surface area contributed by atoms with E-state index < -0.39 is 0 Å². The van der Waals surface area contributed by atoms with Crippen LogP contribution < -0.4 is 10.1 Å². The number of rotatable bonds is 3. The van der Waals surface area contributed by atoms with Crippen LogP contribution in [0.4, 0.5) is 0 Å². The van der Waals surface area contributed by atoms with Crippen molar-refractivity contribution >= 4 is 0 Å². The van der Waals surface area contributed by atoms with Gasteiger partial charge in [0.1, 0.15) is 0 Å². The standard InChI is InChI=1S/C12H16N2O2/c1-2-5-14-11(3-1)15-7-10-4-6-16-12(10)8-13-9-12/h1-3,5,10,13H,4,6-9H2/t10-/m0/s1. The third kappa shape index (κ3) is 1.68. The van der Waals surface area contributed by atoms with Crippen LogP contribution >= 0.6 is 0 Å². The summed E-state index contributed by atoms with van der Waals surface area (Å²) >= 11 is 0. The molecule has 0 aliphatic carbocycles. The van der Waals surface area contributed by atoms with Crippen LogP contribution in [0, 0.1) is 5.92 Å². The number of hydrogen-bond donors (Lipinski definition) is 1. The lowest BCUT2D eigenvalue weighted by molar-refractivity contribution is -0.0693. The van der Waals surface area contributed by atoms with Gasteiger partial charge in [0.15, 0.2) is 0 Å². The van der Waals surface area contributed by atoms with E-state index in [2.05, 4.69) is 10.3 Å². The van der Waals surface area contributed by atoms with Crippen molar-refractivity contribution in [1.29, 1.82) is 0 Å². The lowest BCUT2D eigenvalue weighted by Gasteiger charge is -2.42. The number of nitrogens with one attached hydrogen (secondary N) is 1. The van der Waals surface area contributed by atoms with E-state index in [0.29, 0.717) is 18.4 Å². The second-order valence-corrected chi connectivity index (χ2v) is 4.48. The molecule has 1 aromatic heterocycles. The molecule has 1 spiro atoms. The molecule has 2 aliphatic rings. The summed E-state index contributed by atoms with van der Waals surface area (Å²) in [5, 5.41) is 3.28. The number of pyridine rings is 1. The van der Waals surface area contributed by atoms with Gasteiger partial charge >= 0.3 is 0 Å². The number of aromatic nitrogens is 1. The van der Waals surface area contributed by atoms with Crippen LogP contribution in [0.15, 0.2) is 24.4 Å². The van der Waals surface area contributed by atoms with Gasteiger partial charge in [-0.15, -0.1) is 0 Å². The van der Waals surface area contributed by atoms with E-state index in [9.17, 15) is 0 Å². The third-order valence-electron chi connectivity index (χ3n) is 3.52. The molecule has 2 fully saturated rings. The molecule has 2 aliphatic heterocycles. The minimum Gasteiger partial charge on any atom is -0.477 e. The molecule has 0 saturated carbocycles. The largest absolute Gasteiger partial charge is 0.477 e. The third-order valence-corrected chi connectivity index (χ3v) is 3.52. The quantitative estimate of drug-likeness (QED) is 0.819. The molecule has 0 bridgehead atoms. The normalized spacial score (nSPS) is 26.6. The summed E-state index contributed by atoms with van der Waals surface area (Å²) in [5.41, 5.74) is 0.0504. The molecule has 2 saturated heterocycles. The minimum absolute atomic E-state index is 0.0504. The first kappa shape index (κ1) is 10.1. The Bertz CT molecular complexity index is 351. The Morgan fingerprint density at radius 1 is 1.50 bits per heavy atom. The Morgan fingerprint density at radius 2 is 2.44 bits per heavy atom. The number of nitrogens with zero attached hydrogens (tertiary/aromatic N) is 1. The van der Waals surface area contributed by atoms with Crippen molar-refractivity contribution in [3.8, 4) is 5.88 Å². The molecule has 3 rings (SSSR count). The van der Waals surface area contributed by atoms with Gasteiger partial charge in [0.2, 0.25) is 5.88 Å². The van der Waals surface area contributed by atoms with E-state index in [4.69, 9.17) is 9.47 Å². The lowest BCUT2D eigenvalue weighted by Crippen LogP contribution is -2.63. The molecule has 1 aromatic rings. The second-order valence-electron chi connectivity index (χ2n) is 4.48. The zero-order chi connectivity index (χ0) is 10.8. The van der Waals surface area contributed by atoms with Gasteiger partial charge in [0, 0.05) is 37.9 Å². The summed E-state index contributed by atoms with van der Waals surface area (Å²) in [6.07, 6.45) is 2.84. The molecule has 0 radical (unpaired) electrons. The summed E-state index contributed by atoms with van der Waals surface area (Å²) < 4.78 is 11.5. The molecule has 0 amide bonds. The SMILES string of the molecule is c1ccc(OC[C@@H]2CCOC23CNC3)nc1. The van der Waals surface area contributed by atoms with Gasteiger partial charge in [0.05, 0.1) is 12.2 Å². The fourth-order valence-electron chi connectivity index (χ4n) is 2.40. The molecule has 4 nitrogen and oxygen atoms in total. The summed E-state index contributed by atoms with van der Waals surface area (Å²) in [5.74, 6) is 1.20. The predicted octanol–water partition coefficient (Wildman–Crippen LogP) is 0.839. The van der Waals surface area contributed by atoms with Gasteiger partial charge in [-0.25, -0.2) is 4.98 Å². The van der Waals surface area contributed by atoms with Crippen LogP contribution in [0.1, 0.15) is 6.42 Å². The highest BCUT2D eigenvalue weighted by Gasteiger charge is 2.49. The Hall–Kier alpha value is -1.13. The van der Waals surface area contributed by atoms with Gasteiger partial charge < -0.3 is 14.8 Å². The Labute approximate surface area is 95.0 Å². The molecular weight excluding hydrogens is 204 g/mol. The summed E-state index contributed by atoms with van der Waals surface area (Å²) in [6, 6.07) is 5.72. The van der Waals surface area contributed by atoms with Gasteiger partial charge in [-0.3, -0.25) is 0 Å². The maximum Gasteiger partial charge on any atom is 0.213 e.